The zero-order valence-corrected chi connectivity index (χ0v) is 18.0. The van der Waals surface area contributed by atoms with Gasteiger partial charge in [0.15, 0.2) is 22.4 Å². The summed E-state index contributed by atoms with van der Waals surface area (Å²) in [6.07, 6.45) is 0.916. The Morgan fingerprint density at radius 3 is 2.45 bits per heavy atom. The highest BCUT2D eigenvalue weighted by molar-refractivity contribution is 7.80. The maximum Gasteiger partial charge on any atom is 0.193 e. The van der Waals surface area contributed by atoms with Crippen LogP contribution >= 0.6 is 12.2 Å². The lowest BCUT2D eigenvalue weighted by Gasteiger charge is -2.38. The van der Waals surface area contributed by atoms with E-state index in [4.69, 9.17) is 21.7 Å². The highest BCUT2D eigenvalue weighted by Gasteiger charge is 2.35. The summed E-state index contributed by atoms with van der Waals surface area (Å²) in [6.45, 7) is 4.79. The lowest BCUT2D eigenvalue weighted by molar-refractivity contribution is 0.102. The molecule has 1 N–H and O–H groups in total. The number of carbonyl (C=O) groups excluding carboxylic acids is 1. The third kappa shape index (κ3) is 3.98. The minimum absolute atomic E-state index is 0.0333. The van der Waals surface area contributed by atoms with Crippen LogP contribution in [0.1, 0.15) is 42.2 Å². The Balaban J connectivity index is 2.20. The summed E-state index contributed by atoms with van der Waals surface area (Å²) in [5.74, 6) is 1.16. The second-order valence-electron chi connectivity index (χ2n) is 6.81. The van der Waals surface area contributed by atoms with Crippen LogP contribution in [0, 0.1) is 0 Å². The number of methoxy groups -OCH3 is 2. The average Bonchev–Trinajstić information content (AvgIpc) is 2.75. The second-order valence-corrected chi connectivity index (χ2v) is 7.20. The van der Waals surface area contributed by atoms with Crippen molar-refractivity contribution in [1.29, 1.82) is 0 Å². The number of thiocarbonyl (C=S) groups is 1. The van der Waals surface area contributed by atoms with Crippen molar-refractivity contribution in [3.63, 3.8) is 0 Å². The van der Waals surface area contributed by atoms with Crippen molar-refractivity contribution in [1.82, 2.24) is 10.2 Å². The number of benzene rings is 2. The quantitative estimate of drug-likeness (QED) is 0.536. The number of ether oxygens (including phenoxy) is 2. The summed E-state index contributed by atoms with van der Waals surface area (Å²) in [7, 11) is 3.20. The molecule has 6 heteroatoms. The number of carbonyl (C=O) groups is 1. The molecule has 0 bridgehead atoms. The van der Waals surface area contributed by atoms with Gasteiger partial charge >= 0.3 is 0 Å². The van der Waals surface area contributed by atoms with Crippen molar-refractivity contribution in [2.24, 2.45) is 0 Å². The molecule has 1 heterocycles. The van der Waals surface area contributed by atoms with Crippen molar-refractivity contribution >= 4 is 23.1 Å². The topological polar surface area (TPSA) is 50.8 Å². The molecule has 2 aromatic carbocycles. The van der Waals surface area contributed by atoms with Crippen LogP contribution in [-0.4, -0.2) is 36.6 Å². The van der Waals surface area contributed by atoms with Crippen molar-refractivity contribution < 1.29 is 14.3 Å². The monoisotopic (exact) mass is 410 g/mol. The van der Waals surface area contributed by atoms with Gasteiger partial charge in [-0.1, -0.05) is 49.4 Å². The molecule has 0 aliphatic carbocycles. The molecule has 5 nitrogen and oxygen atoms in total. The fourth-order valence-electron chi connectivity index (χ4n) is 3.69. The van der Waals surface area contributed by atoms with E-state index in [9.17, 15) is 4.79 Å². The molecule has 0 spiro atoms. The largest absolute Gasteiger partial charge is 0.493 e. The van der Waals surface area contributed by atoms with Gasteiger partial charge in [0.25, 0.3) is 0 Å². The van der Waals surface area contributed by atoms with Crippen LogP contribution in [0.5, 0.6) is 11.5 Å². The van der Waals surface area contributed by atoms with Gasteiger partial charge in [0.2, 0.25) is 0 Å². The molecule has 0 radical (unpaired) electrons. The van der Waals surface area contributed by atoms with E-state index in [0.717, 1.165) is 24.2 Å². The predicted molar refractivity (Wildman–Crippen MR) is 118 cm³/mol. The van der Waals surface area contributed by atoms with Gasteiger partial charge in [0.05, 0.1) is 20.3 Å². The average molecular weight is 411 g/mol. The number of hydrogen-bond acceptors (Lipinski definition) is 4. The minimum atomic E-state index is -0.437. The van der Waals surface area contributed by atoms with Crippen molar-refractivity contribution in [3.05, 3.63) is 70.9 Å². The number of hydrogen-bond donors (Lipinski definition) is 1. The van der Waals surface area contributed by atoms with Crippen molar-refractivity contribution in [2.45, 2.75) is 26.3 Å². The third-order valence-corrected chi connectivity index (χ3v) is 5.41. The van der Waals surface area contributed by atoms with Crippen LogP contribution in [0.25, 0.3) is 0 Å². The Morgan fingerprint density at radius 2 is 1.83 bits per heavy atom. The first kappa shape index (κ1) is 20.9. The number of ketones is 1. The van der Waals surface area contributed by atoms with E-state index in [-0.39, 0.29) is 5.78 Å². The van der Waals surface area contributed by atoms with E-state index < -0.39 is 6.04 Å². The smallest absolute Gasteiger partial charge is 0.193 e. The van der Waals surface area contributed by atoms with Gasteiger partial charge in [0.1, 0.15) is 0 Å². The number of para-hydroxylation sites is 1. The van der Waals surface area contributed by atoms with Crippen LogP contribution in [0.2, 0.25) is 0 Å². The Hall–Kier alpha value is -2.86. The Morgan fingerprint density at radius 1 is 1.10 bits per heavy atom. The van der Waals surface area contributed by atoms with E-state index in [1.807, 2.05) is 60.4 Å². The fourth-order valence-corrected chi connectivity index (χ4v) is 4.03. The third-order valence-electron chi connectivity index (χ3n) is 5.07. The molecule has 0 fully saturated rings. The number of nitrogens with zero attached hydrogens (tertiary/aromatic N) is 1. The molecular formula is C23H26N2O3S. The molecule has 0 amide bonds. The summed E-state index contributed by atoms with van der Waals surface area (Å²) >= 11 is 5.64. The SMILES string of the molecule is CCCN1C(=S)NC(c2cccc(OC)c2OC)C(C(=O)c2ccccc2)=C1C. The van der Waals surface area contributed by atoms with Gasteiger partial charge in [-0.05, 0) is 31.6 Å². The Labute approximate surface area is 177 Å². The van der Waals surface area contributed by atoms with Gasteiger partial charge in [-0.2, -0.15) is 0 Å². The van der Waals surface area contributed by atoms with Crippen molar-refractivity contribution in [3.8, 4) is 11.5 Å². The number of rotatable bonds is 7. The first-order valence-corrected chi connectivity index (χ1v) is 10.0. The molecule has 152 valence electrons. The molecule has 29 heavy (non-hydrogen) atoms. The maximum absolute atomic E-state index is 13.6. The number of allylic oxidation sites excluding steroid dienone is 1. The number of nitrogens with one attached hydrogen (secondary N) is 1. The van der Waals surface area contributed by atoms with E-state index in [0.29, 0.717) is 27.7 Å². The van der Waals surface area contributed by atoms with Gasteiger partial charge in [-0.25, -0.2) is 0 Å². The van der Waals surface area contributed by atoms with Gasteiger partial charge < -0.3 is 19.7 Å². The first-order valence-electron chi connectivity index (χ1n) is 9.62. The zero-order valence-electron chi connectivity index (χ0n) is 17.2. The van der Waals surface area contributed by atoms with Crippen LogP contribution < -0.4 is 14.8 Å². The van der Waals surface area contributed by atoms with E-state index in [2.05, 4.69) is 12.2 Å². The Bertz CT molecular complexity index is 940. The van der Waals surface area contributed by atoms with E-state index >= 15 is 0 Å². The van der Waals surface area contributed by atoms with E-state index in [1.165, 1.54) is 0 Å². The number of Topliss-reactive ketones (excluding diaryl/α,β-unsaturated/α-hetero) is 1. The maximum atomic E-state index is 13.6. The summed E-state index contributed by atoms with van der Waals surface area (Å²) in [5, 5.41) is 3.97. The van der Waals surface area contributed by atoms with Crippen LogP contribution in [0.15, 0.2) is 59.8 Å². The lowest BCUT2D eigenvalue weighted by Crippen LogP contribution is -2.48. The lowest BCUT2D eigenvalue weighted by atomic mass is 9.88. The molecule has 0 saturated heterocycles. The molecule has 2 aromatic rings. The summed E-state index contributed by atoms with van der Waals surface area (Å²) < 4.78 is 11.1. The molecule has 3 rings (SSSR count). The molecular weight excluding hydrogens is 384 g/mol. The first-order chi connectivity index (χ1) is 14.0. The van der Waals surface area contributed by atoms with Crippen LogP contribution in [0.4, 0.5) is 0 Å². The second kappa shape index (κ2) is 9.09. The summed E-state index contributed by atoms with van der Waals surface area (Å²) in [6, 6.07) is 14.5. The Kier molecular flexibility index (Phi) is 6.54. The zero-order chi connectivity index (χ0) is 21.0. The molecule has 0 saturated carbocycles. The molecule has 1 aliphatic rings. The van der Waals surface area contributed by atoms with Crippen LogP contribution in [-0.2, 0) is 0 Å². The molecule has 1 aliphatic heterocycles. The summed E-state index contributed by atoms with van der Waals surface area (Å²) in [5.41, 5.74) is 2.97. The highest BCUT2D eigenvalue weighted by atomic mass is 32.1. The van der Waals surface area contributed by atoms with Gasteiger partial charge in [-0.3, -0.25) is 4.79 Å². The summed E-state index contributed by atoms with van der Waals surface area (Å²) in [4.78, 5) is 15.6. The van der Waals surface area contributed by atoms with E-state index in [1.54, 1.807) is 14.2 Å². The van der Waals surface area contributed by atoms with Crippen molar-refractivity contribution in [2.75, 3.05) is 20.8 Å². The fraction of sp³-hybridized carbons (Fsp3) is 0.304. The highest BCUT2D eigenvalue weighted by Crippen LogP contribution is 2.41. The molecule has 1 atom stereocenters. The molecule has 0 aromatic heterocycles. The molecule has 1 unspecified atom stereocenters. The predicted octanol–water partition coefficient (Wildman–Crippen LogP) is 4.50. The van der Waals surface area contributed by atoms with Crippen LogP contribution in [0.3, 0.4) is 0 Å². The van der Waals surface area contributed by atoms with Gasteiger partial charge in [0, 0.05) is 28.9 Å². The standard InChI is InChI=1S/C23H26N2O3S/c1-5-14-25-15(2)19(21(26)16-10-7-6-8-11-16)20(24-23(25)29)17-12-9-13-18(27-3)22(17)28-4/h6-13,20H,5,14H2,1-4H3,(H,24,29). The minimum Gasteiger partial charge on any atom is -0.493 e. The van der Waals surface area contributed by atoms with Gasteiger partial charge in [-0.15, -0.1) is 0 Å². The normalized spacial score (nSPS) is 16.5.